The number of nitrogen functional groups attached to an aromatic ring is 1. The molecule has 1 amide bonds. The number of halogens is 3. The first-order chi connectivity index (χ1) is 16.2. The Morgan fingerprint density at radius 1 is 1.21 bits per heavy atom. The number of aromatic nitrogens is 1. The SMILES string of the molecule is CC(OC1(C(=O)N2CCN(C)CC2)C=NC(c2ccc(N)nc2)=CC1)c1c(Cl)ccc(F)c1Cl. The summed E-state index contributed by atoms with van der Waals surface area (Å²) < 4.78 is 20.5. The highest BCUT2D eigenvalue weighted by atomic mass is 35.5. The van der Waals surface area contributed by atoms with Crippen LogP contribution in [0.3, 0.4) is 0 Å². The van der Waals surface area contributed by atoms with Crippen LogP contribution < -0.4 is 5.73 Å². The van der Waals surface area contributed by atoms with E-state index in [1.807, 2.05) is 19.2 Å². The zero-order chi connectivity index (χ0) is 24.5. The molecule has 10 heteroatoms. The third-order valence-corrected chi connectivity index (χ3v) is 6.83. The molecule has 0 radical (unpaired) electrons. The number of pyridine rings is 1. The number of nitrogens with zero attached hydrogens (tertiary/aromatic N) is 4. The topological polar surface area (TPSA) is 84.0 Å². The van der Waals surface area contributed by atoms with Gasteiger partial charge in [0.05, 0.1) is 16.8 Å². The molecule has 180 valence electrons. The summed E-state index contributed by atoms with van der Waals surface area (Å²) in [5.74, 6) is -0.401. The zero-order valence-electron chi connectivity index (χ0n) is 19.0. The molecule has 7 nitrogen and oxygen atoms in total. The molecule has 2 N–H and O–H groups in total. The summed E-state index contributed by atoms with van der Waals surface area (Å²) in [6, 6.07) is 6.13. The van der Waals surface area contributed by atoms with Gasteiger partial charge in [0.15, 0.2) is 5.60 Å². The molecule has 2 atom stereocenters. The second-order valence-electron chi connectivity index (χ2n) is 8.53. The average Bonchev–Trinajstić information content (AvgIpc) is 2.83. The normalized spacial score (nSPS) is 21.9. The third-order valence-electron chi connectivity index (χ3n) is 6.12. The van der Waals surface area contributed by atoms with Gasteiger partial charge in [0.2, 0.25) is 0 Å². The molecule has 1 fully saturated rings. The summed E-state index contributed by atoms with van der Waals surface area (Å²) in [7, 11) is 2.02. The van der Waals surface area contributed by atoms with Gasteiger partial charge in [0, 0.05) is 61.2 Å². The third kappa shape index (κ3) is 4.95. The molecule has 1 aromatic carbocycles. The Balaban J connectivity index is 1.66. The summed E-state index contributed by atoms with van der Waals surface area (Å²) in [5.41, 5.74) is 6.02. The molecule has 0 aliphatic carbocycles. The minimum Gasteiger partial charge on any atom is -0.384 e. The maximum absolute atomic E-state index is 14.2. The van der Waals surface area contributed by atoms with Crippen LogP contribution in [0.2, 0.25) is 10.0 Å². The van der Waals surface area contributed by atoms with Crippen LogP contribution in [0.25, 0.3) is 5.70 Å². The molecule has 2 aliphatic rings. The van der Waals surface area contributed by atoms with Gasteiger partial charge in [-0.1, -0.05) is 29.3 Å². The van der Waals surface area contributed by atoms with Gasteiger partial charge >= 0.3 is 0 Å². The van der Waals surface area contributed by atoms with Crippen molar-refractivity contribution in [3.63, 3.8) is 0 Å². The number of likely N-dealkylation sites (N-methyl/N-ethyl adjacent to an activating group) is 1. The fraction of sp³-hybridized carbons (Fsp3) is 0.375. The van der Waals surface area contributed by atoms with Crippen molar-refractivity contribution in [3.8, 4) is 0 Å². The number of hydrogen-bond acceptors (Lipinski definition) is 6. The van der Waals surface area contributed by atoms with E-state index < -0.39 is 17.5 Å². The van der Waals surface area contributed by atoms with Gasteiger partial charge in [-0.15, -0.1) is 0 Å². The second-order valence-corrected chi connectivity index (χ2v) is 9.31. The number of carbonyl (C=O) groups excluding carboxylic acids is 1. The van der Waals surface area contributed by atoms with Crippen molar-refractivity contribution >= 4 is 46.8 Å². The van der Waals surface area contributed by atoms with Crippen LogP contribution >= 0.6 is 23.2 Å². The van der Waals surface area contributed by atoms with Crippen LogP contribution in [0.5, 0.6) is 0 Å². The fourth-order valence-electron chi connectivity index (χ4n) is 4.12. The number of nitrogens with two attached hydrogens (primary N) is 1. The van der Waals surface area contributed by atoms with E-state index >= 15 is 0 Å². The monoisotopic (exact) mass is 505 g/mol. The van der Waals surface area contributed by atoms with E-state index in [2.05, 4.69) is 14.9 Å². The van der Waals surface area contributed by atoms with Gasteiger partial charge in [-0.25, -0.2) is 9.37 Å². The van der Waals surface area contributed by atoms with Crippen LogP contribution in [0.4, 0.5) is 10.2 Å². The average molecular weight is 506 g/mol. The maximum Gasteiger partial charge on any atom is 0.260 e. The lowest BCUT2D eigenvalue weighted by molar-refractivity contribution is -0.155. The van der Waals surface area contributed by atoms with Gasteiger partial charge in [0.1, 0.15) is 11.6 Å². The van der Waals surface area contributed by atoms with E-state index in [9.17, 15) is 9.18 Å². The molecule has 4 rings (SSSR count). The Morgan fingerprint density at radius 2 is 1.94 bits per heavy atom. The minimum atomic E-state index is -1.39. The number of amides is 1. The number of ether oxygens (including phenoxy) is 1. The number of aliphatic imine (C=N–C) groups is 1. The Morgan fingerprint density at radius 3 is 2.56 bits per heavy atom. The van der Waals surface area contributed by atoms with Crippen LogP contribution in [0.1, 0.15) is 30.6 Å². The van der Waals surface area contributed by atoms with Crippen molar-refractivity contribution in [2.24, 2.45) is 4.99 Å². The standard InChI is InChI=1S/C24H26Cl2FN5O2/c1-15(21-17(25)4-5-18(27)22(21)26)34-24(23(33)32-11-9-31(2)10-12-32)8-7-19(30-14-24)16-3-6-20(28)29-13-16/h3-7,13-15H,8-12H2,1-2H3,(H2,28,29). The molecule has 1 aromatic heterocycles. The Bertz CT molecular complexity index is 1130. The Labute approximate surface area is 208 Å². The van der Waals surface area contributed by atoms with Gasteiger partial charge in [0.25, 0.3) is 5.91 Å². The van der Waals surface area contributed by atoms with E-state index in [0.29, 0.717) is 30.2 Å². The fourth-order valence-corrected chi connectivity index (χ4v) is 4.79. The van der Waals surface area contributed by atoms with Crippen molar-refractivity contribution in [2.75, 3.05) is 39.0 Å². The van der Waals surface area contributed by atoms with E-state index in [1.54, 1.807) is 24.1 Å². The lowest BCUT2D eigenvalue weighted by Crippen LogP contribution is -2.57. The molecular weight excluding hydrogens is 480 g/mol. The molecule has 0 spiro atoms. The van der Waals surface area contributed by atoms with Crippen molar-refractivity contribution in [1.82, 2.24) is 14.8 Å². The number of anilines is 1. The lowest BCUT2D eigenvalue weighted by atomic mass is 9.93. The van der Waals surface area contributed by atoms with Crippen molar-refractivity contribution in [3.05, 3.63) is 63.5 Å². The van der Waals surface area contributed by atoms with Crippen molar-refractivity contribution < 1.29 is 13.9 Å². The van der Waals surface area contributed by atoms with Crippen LogP contribution in [0.15, 0.2) is 41.5 Å². The van der Waals surface area contributed by atoms with Gasteiger partial charge in [-0.3, -0.25) is 9.79 Å². The minimum absolute atomic E-state index is 0.126. The maximum atomic E-state index is 14.2. The van der Waals surface area contributed by atoms with E-state index in [0.717, 1.165) is 18.7 Å². The highest BCUT2D eigenvalue weighted by Crippen LogP contribution is 2.38. The summed E-state index contributed by atoms with van der Waals surface area (Å²) in [5, 5.41) is 0.136. The number of carbonyl (C=O) groups is 1. The van der Waals surface area contributed by atoms with Gasteiger partial charge < -0.3 is 20.3 Å². The van der Waals surface area contributed by atoms with Crippen LogP contribution in [-0.4, -0.2) is 65.7 Å². The van der Waals surface area contributed by atoms with Gasteiger partial charge in [-0.05, 0) is 38.2 Å². The number of benzene rings is 1. The van der Waals surface area contributed by atoms with Gasteiger partial charge in [-0.2, -0.15) is 0 Å². The first-order valence-electron chi connectivity index (χ1n) is 11.0. The quantitative estimate of drug-likeness (QED) is 0.615. The zero-order valence-corrected chi connectivity index (χ0v) is 20.5. The second kappa shape index (κ2) is 10.00. The first kappa shape index (κ1) is 24.6. The predicted octanol–water partition coefficient (Wildman–Crippen LogP) is 4.22. The molecule has 2 aliphatic heterocycles. The summed E-state index contributed by atoms with van der Waals surface area (Å²) in [6.07, 6.45) is 4.45. The molecule has 0 bridgehead atoms. The van der Waals surface area contributed by atoms with Crippen molar-refractivity contribution in [2.45, 2.75) is 25.0 Å². The largest absolute Gasteiger partial charge is 0.384 e. The summed E-state index contributed by atoms with van der Waals surface area (Å²) in [6.45, 7) is 4.36. The molecule has 2 aromatic rings. The van der Waals surface area contributed by atoms with E-state index in [-0.39, 0.29) is 22.4 Å². The van der Waals surface area contributed by atoms with Crippen LogP contribution in [0, 0.1) is 5.82 Å². The molecular formula is C24H26Cl2FN5O2. The number of hydrogen-bond donors (Lipinski definition) is 1. The van der Waals surface area contributed by atoms with Crippen molar-refractivity contribution in [1.29, 1.82) is 0 Å². The number of piperazine rings is 1. The Hall–Kier alpha value is -2.52. The first-order valence-corrected chi connectivity index (χ1v) is 11.7. The van der Waals surface area contributed by atoms with E-state index in [4.69, 9.17) is 33.7 Å². The summed E-state index contributed by atoms with van der Waals surface area (Å²) >= 11 is 12.5. The highest BCUT2D eigenvalue weighted by molar-refractivity contribution is 6.36. The predicted molar refractivity (Wildman–Crippen MR) is 132 cm³/mol. The lowest BCUT2D eigenvalue weighted by Gasteiger charge is -2.40. The number of rotatable bonds is 5. The molecule has 34 heavy (non-hydrogen) atoms. The Kier molecular flexibility index (Phi) is 7.23. The molecule has 2 unspecified atom stereocenters. The molecule has 3 heterocycles. The molecule has 0 saturated carbocycles. The van der Waals surface area contributed by atoms with Crippen LogP contribution in [-0.2, 0) is 9.53 Å². The summed E-state index contributed by atoms with van der Waals surface area (Å²) in [4.78, 5) is 26.4. The molecule has 1 saturated heterocycles. The highest BCUT2D eigenvalue weighted by Gasteiger charge is 2.44. The van der Waals surface area contributed by atoms with E-state index in [1.165, 1.54) is 18.3 Å². The smallest absolute Gasteiger partial charge is 0.260 e.